The fraction of sp³-hybridized carbons (Fsp3) is 0.455. The molecule has 1 saturated heterocycles. The topological polar surface area (TPSA) is 44.7 Å². The molecule has 1 heterocycles. The van der Waals surface area contributed by atoms with E-state index in [1.165, 1.54) is 0 Å². The average molecular weight is 425 g/mol. The van der Waals surface area contributed by atoms with Gasteiger partial charge in [-0.15, -0.1) is 12.4 Å². The van der Waals surface area contributed by atoms with Gasteiger partial charge in [-0.25, -0.2) is 0 Å². The molecule has 0 spiro atoms. The summed E-state index contributed by atoms with van der Waals surface area (Å²) in [4.78, 5) is 2.41. The van der Waals surface area contributed by atoms with Crippen LogP contribution in [0.3, 0.4) is 0 Å². The lowest BCUT2D eigenvalue weighted by Crippen LogP contribution is -2.45. The van der Waals surface area contributed by atoms with Gasteiger partial charge in [-0.1, -0.05) is 43.6 Å². The summed E-state index contributed by atoms with van der Waals surface area (Å²) in [5.74, 6) is 1.38. The van der Waals surface area contributed by atoms with Crippen LogP contribution in [-0.2, 0) is 0 Å². The zero-order valence-corrected chi connectivity index (χ0v) is 18.3. The van der Waals surface area contributed by atoms with Crippen LogP contribution in [0.4, 0.5) is 0 Å². The number of halogens is 2. The first-order valence-electron chi connectivity index (χ1n) is 9.63. The Morgan fingerprint density at radius 1 is 1.14 bits per heavy atom. The summed E-state index contributed by atoms with van der Waals surface area (Å²) in [5.41, 5.74) is 2.82. The third-order valence-electron chi connectivity index (χ3n) is 5.11. The largest absolute Gasteiger partial charge is 0.508 e. The number of rotatable bonds is 6. The van der Waals surface area contributed by atoms with Gasteiger partial charge in [0.1, 0.15) is 17.6 Å². The molecule has 2 aromatic rings. The molecule has 0 radical (unpaired) electrons. The van der Waals surface area contributed by atoms with E-state index in [2.05, 4.69) is 24.1 Å². The third kappa shape index (κ3) is 5.54. The highest BCUT2D eigenvalue weighted by molar-refractivity contribution is 6.31. The van der Waals surface area contributed by atoms with E-state index >= 15 is 0 Å². The van der Waals surface area contributed by atoms with Gasteiger partial charge in [-0.3, -0.25) is 4.90 Å². The number of phenols is 1. The predicted octanol–water partition coefficient (Wildman–Crippen LogP) is 4.92. The van der Waals surface area contributed by atoms with Gasteiger partial charge in [0, 0.05) is 48.9 Å². The average Bonchev–Trinajstić information content (AvgIpc) is 2.65. The molecule has 0 aromatic heterocycles. The van der Waals surface area contributed by atoms with Crippen LogP contribution >= 0.6 is 24.0 Å². The summed E-state index contributed by atoms with van der Waals surface area (Å²) in [6.07, 6.45) is -0.168. The van der Waals surface area contributed by atoms with Crippen LogP contribution in [-0.4, -0.2) is 42.7 Å². The number of nitrogens with one attached hydrogen (secondary N) is 1. The molecule has 1 unspecified atom stereocenters. The normalized spacial score (nSPS) is 15.9. The molecule has 2 N–H and O–H groups in total. The molecule has 6 heteroatoms. The van der Waals surface area contributed by atoms with Crippen LogP contribution < -0.4 is 10.1 Å². The van der Waals surface area contributed by atoms with Gasteiger partial charge in [0.25, 0.3) is 0 Å². The van der Waals surface area contributed by atoms with Crippen molar-refractivity contribution in [3.8, 4) is 11.5 Å². The highest BCUT2D eigenvalue weighted by atomic mass is 35.5. The molecule has 0 aliphatic carbocycles. The molecule has 1 atom stereocenters. The molecule has 4 nitrogen and oxygen atoms in total. The number of aromatic hydroxyl groups is 1. The summed E-state index contributed by atoms with van der Waals surface area (Å²) >= 11 is 6.51. The Bertz CT molecular complexity index is 777. The van der Waals surface area contributed by atoms with E-state index in [0.717, 1.165) is 60.2 Å². The van der Waals surface area contributed by atoms with Gasteiger partial charge < -0.3 is 15.2 Å². The first kappa shape index (κ1) is 22.8. The van der Waals surface area contributed by atoms with Crippen molar-refractivity contribution in [2.24, 2.45) is 0 Å². The van der Waals surface area contributed by atoms with Crippen molar-refractivity contribution in [3.63, 3.8) is 0 Å². The molecule has 3 rings (SSSR count). The van der Waals surface area contributed by atoms with Gasteiger partial charge >= 0.3 is 0 Å². The SMILES string of the molecule is Cc1cc(OC(CN2CCNCC2)c2ccccc2Cl)c(C(C)C)cc1O.Cl. The summed E-state index contributed by atoms with van der Waals surface area (Å²) in [7, 11) is 0. The minimum atomic E-state index is -0.168. The molecular weight excluding hydrogens is 395 g/mol. The van der Waals surface area contributed by atoms with Crippen LogP contribution in [0, 0.1) is 6.92 Å². The first-order valence-corrected chi connectivity index (χ1v) is 10.0. The van der Waals surface area contributed by atoms with Gasteiger partial charge in [-0.2, -0.15) is 0 Å². The maximum Gasteiger partial charge on any atom is 0.138 e. The Morgan fingerprint density at radius 3 is 2.46 bits per heavy atom. The number of phenolic OH excluding ortho intramolecular Hbond substituents is 1. The molecule has 1 aliphatic heterocycles. The molecule has 0 amide bonds. The van der Waals surface area contributed by atoms with E-state index in [1.807, 2.05) is 43.3 Å². The summed E-state index contributed by atoms with van der Waals surface area (Å²) < 4.78 is 6.55. The molecule has 2 aromatic carbocycles. The molecular formula is C22H30Cl2N2O2. The molecule has 1 aliphatic rings. The Hall–Kier alpha value is -1.46. The molecule has 1 fully saturated rings. The van der Waals surface area contributed by atoms with Crippen LogP contribution in [0.2, 0.25) is 5.02 Å². The summed E-state index contributed by atoms with van der Waals surface area (Å²) in [6, 6.07) is 11.7. The maximum atomic E-state index is 10.1. The van der Waals surface area contributed by atoms with Gasteiger partial charge in [0.2, 0.25) is 0 Å². The van der Waals surface area contributed by atoms with Crippen molar-refractivity contribution >= 4 is 24.0 Å². The second-order valence-electron chi connectivity index (χ2n) is 7.51. The summed E-state index contributed by atoms with van der Waals surface area (Å²) in [6.45, 7) is 10.9. The lowest BCUT2D eigenvalue weighted by molar-refractivity contribution is 0.123. The Kier molecular flexibility index (Phi) is 8.44. The monoisotopic (exact) mass is 424 g/mol. The third-order valence-corrected chi connectivity index (χ3v) is 5.45. The Balaban J connectivity index is 0.00000280. The first-order chi connectivity index (χ1) is 13.0. The van der Waals surface area contributed by atoms with Crippen LogP contribution in [0.15, 0.2) is 36.4 Å². The van der Waals surface area contributed by atoms with Gasteiger partial charge in [-0.05, 0) is 36.6 Å². The van der Waals surface area contributed by atoms with Crippen molar-refractivity contribution in [1.82, 2.24) is 10.2 Å². The molecule has 28 heavy (non-hydrogen) atoms. The van der Waals surface area contributed by atoms with Crippen molar-refractivity contribution < 1.29 is 9.84 Å². The zero-order valence-electron chi connectivity index (χ0n) is 16.7. The van der Waals surface area contributed by atoms with E-state index in [1.54, 1.807) is 0 Å². The lowest BCUT2D eigenvalue weighted by Gasteiger charge is -2.32. The van der Waals surface area contributed by atoms with Crippen molar-refractivity contribution in [2.75, 3.05) is 32.7 Å². The smallest absolute Gasteiger partial charge is 0.138 e. The van der Waals surface area contributed by atoms with E-state index in [4.69, 9.17) is 16.3 Å². The Morgan fingerprint density at radius 2 is 1.82 bits per heavy atom. The van der Waals surface area contributed by atoms with Crippen LogP contribution in [0.25, 0.3) is 0 Å². The number of benzene rings is 2. The minimum Gasteiger partial charge on any atom is -0.508 e. The van der Waals surface area contributed by atoms with E-state index < -0.39 is 0 Å². The number of piperazine rings is 1. The van der Waals surface area contributed by atoms with Gasteiger partial charge in [0.15, 0.2) is 0 Å². The number of hydrogen-bond donors (Lipinski definition) is 2. The second kappa shape index (κ2) is 10.4. The maximum absolute atomic E-state index is 10.1. The van der Waals surface area contributed by atoms with Crippen LogP contribution in [0.1, 0.15) is 42.6 Å². The highest BCUT2D eigenvalue weighted by Gasteiger charge is 2.23. The Labute approximate surface area is 179 Å². The van der Waals surface area contributed by atoms with E-state index in [0.29, 0.717) is 5.75 Å². The lowest BCUT2D eigenvalue weighted by atomic mass is 9.99. The number of ether oxygens (including phenoxy) is 1. The van der Waals surface area contributed by atoms with Crippen LogP contribution in [0.5, 0.6) is 11.5 Å². The molecule has 0 bridgehead atoms. The zero-order chi connectivity index (χ0) is 19.4. The number of nitrogens with zero attached hydrogens (tertiary/aromatic N) is 1. The van der Waals surface area contributed by atoms with E-state index in [9.17, 15) is 5.11 Å². The standard InChI is InChI=1S/C22H29ClN2O2.ClH/c1-15(2)18-13-20(26)16(3)12-21(18)27-22(14-25-10-8-24-9-11-25)17-6-4-5-7-19(17)23;/h4-7,12-13,15,22,24,26H,8-11,14H2,1-3H3;1H. The fourth-order valence-electron chi connectivity index (χ4n) is 3.46. The van der Waals surface area contributed by atoms with Crippen molar-refractivity contribution in [2.45, 2.75) is 32.8 Å². The predicted molar refractivity (Wildman–Crippen MR) is 118 cm³/mol. The number of aryl methyl sites for hydroxylation is 1. The molecule has 0 saturated carbocycles. The molecule has 154 valence electrons. The van der Waals surface area contributed by atoms with Crippen molar-refractivity contribution in [1.29, 1.82) is 0 Å². The van der Waals surface area contributed by atoms with Gasteiger partial charge in [0.05, 0.1) is 0 Å². The highest BCUT2D eigenvalue weighted by Crippen LogP contribution is 2.36. The van der Waals surface area contributed by atoms with E-state index in [-0.39, 0.29) is 24.4 Å². The fourth-order valence-corrected chi connectivity index (χ4v) is 3.71. The summed E-state index contributed by atoms with van der Waals surface area (Å²) in [5, 5.41) is 14.2. The minimum absolute atomic E-state index is 0. The number of hydrogen-bond acceptors (Lipinski definition) is 4. The quantitative estimate of drug-likeness (QED) is 0.689. The van der Waals surface area contributed by atoms with Crippen molar-refractivity contribution in [3.05, 3.63) is 58.1 Å². The second-order valence-corrected chi connectivity index (χ2v) is 7.92.